The highest BCUT2D eigenvalue weighted by atomic mass is 35.5. The van der Waals surface area contributed by atoms with Gasteiger partial charge in [0.05, 0.1) is 0 Å². The lowest BCUT2D eigenvalue weighted by atomic mass is 10.3. The van der Waals surface area contributed by atoms with Crippen molar-refractivity contribution < 1.29 is 9.47 Å². The molecule has 1 aliphatic rings. The van der Waals surface area contributed by atoms with Crippen LogP contribution < -0.4 is 4.90 Å². The number of anilines is 1. The highest BCUT2D eigenvalue weighted by molar-refractivity contribution is 6.29. The van der Waals surface area contributed by atoms with Crippen LogP contribution in [0.1, 0.15) is 5.82 Å². The van der Waals surface area contributed by atoms with Crippen molar-refractivity contribution >= 4 is 17.4 Å². The number of aryl methyl sites for hydroxylation is 1. The topological polar surface area (TPSA) is 47.5 Å². The quantitative estimate of drug-likeness (QED) is 0.764. The van der Waals surface area contributed by atoms with E-state index in [2.05, 4.69) is 14.9 Å². The molecule has 1 aromatic heterocycles. The van der Waals surface area contributed by atoms with Crippen molar-refractivity contribution in [2.45, 2.75) is 19.1 Å². The van der Waals surface area contributed by atoms with E-state index in [-0.39, 0.29) is 12.2 Å². The third-order valence-corrected chi connectivity index (χ3v) is 3.13. The molecule has 0 N–H and O–H groups in total. The molecule has 0 amide bonds. The molecule has 0 saturated carbocycles. The molecule has 0 spiro atoms. The van der Waals surface area contributed by atoms with Gasteiger partial charge in [-0.05, 0) is 6.92 Å². The van der Waals surface area contributed by atoms with Gasteiger partial charge in [-0.3, -0.25) is 0 Å². The first-order chi connectivity index (χ1) is 8.13. The van der Waals surface area contributed by atoms with Gasteiger partial charge < -0.3 is 14.4 Å². The molecule has 1 aromatic rings. The van der Waals surface area contributed by atoms with Gasteiger partial charge >= 0.3 is 0 Å². The summed E-state index contributed by atoms with van der Waals surface area (Å²) in [6, 6.07) is 1.76. The van der Waals surface area contributed by atoms with Gasteiger partial charge in [0, 0.05) is 33.4 Å². The maximum absolute atomic E-state index is 5.93. The molecule has 2 rings (SSSR count). The molecule has 0 bridgehead atoms. The maximum Gasteiger partial charge on any atom is 0.134 e. The van der Waals surface area contributed by atoms with Crippen molar-refractivity contribution in [2.75, 3.05) is 32.2 Å². The summed E-state index contributed by atoms with van der Waals surface area (Å²) in [6.07, 6.45) is 0.128. The molecule has 1 saturated heterocycles. The lowest BCUT2D eigenvalue weighted by Crippen LogP contribution is -2.27. The van der Waals surface area contributed by atoms with Crippen LogP contribution in [0.2, 0.25) is 5.15 Å². The van der Waals surface area contributed by atoms with Gasteiger partial charge in [-0.2, -0.15) is 0 Å². The summed E-state index contributed by atoms with van der Waals surface area (Å²) in [5, 5.41) is 0.460. The third-order valence-electron chi connectivity index (χ3n) is 2.94. The molecule has 6 heteroatoms. The number of aromatic nitrogens is 2. The van der Waals surface area contributed by atoms with Crippen LogP contribution in [-0.2, 0) is 9.47 Å². The lowest BCUT2D eigenvalue weighted by Gasteiger charge is -2.17. The SMILES string of the molecule is CO[C@@H]1CN(c2cc(Cl)nc(C)n2)C[C@H]1OC. The second-order valence-electron chi connectivity index (χ2n) is 4.05. The van der Waals surface area contributed by atoms with E-state index < -0.39 is 0 Å². The van der Waals surface area contributed by atoms with E-state index in [1.165, 1.54) is 0 Å². The zero-order valence-corrected chi connectivity index (χ0v) is 10.9. The van der Waals surface area contributed by atoms with E-state index in [0.717, 1.165) is 18.9 Å². The van der Waals surface area contributed by atoms with Gasteiger partial charge in [-0.1, -0.05) is 11.6 Å². The van der Waals surface area contributed by atoms with E-state index in [1.807, 2.05) is 6.92 Å². The molecular weight excluding hydrogens is 242 g/mol. The summed E-state index contributed by atoms with van der Waals surface area (Å²) in [7, 11) is 3.39. The van der Waals surface area contributed by atoms with Crippen molar-refractivity contribution in [2.24, 2.45) is 0 Å². The van der Waals surface area contributed by atoms with Crippen LogP contribution in [0.3, 0.4) is 0 Å². The van der Waals surface area contributed by atoms with Crippen molar-refractivity contribution in [1.82, 2.24) is 9.97 Å². The Morgan fingerprint density at radius 1 is 1.24 bits per heavy atom. The number of hydrogen-bond acceptors (Lipinski definition) is 5. The summed E-state index contributed by atoms with van der Waals surface area (Å²) >= 11 is 5.93. The number of halogens is 1. The second kappa shape index (κ2) is 5.16. The predicted octanol–water partition coefficient (Wildman–Crippen LogP) is 1.29. The Kier molecular flexibility index (Phi) is 3.81. The fraction of sp³-hybridized carbons (Fsp3) is 0.636. The van der Waals surface area contributed by atoms with Crippen LogP contribution in [-0.4, -0.2) is 49.5 Å². The van der Waals surface area contributed by atoms with E-state index in [1.54, 1.807) is 20.3 Å². The molecule has 2 atom stereocenters. The van der Waals surface area contributed by atoms with Crippen LogP contribution in [0.5, 0.6) is 0 Å². The lowest BCUT2D eigenvalue weighted by molar-refractivity contribution is -0.00461. The van der Waals surface area contributed by atoms with Crippen LogP contribution >= 0.6 is 11.6 Å². The minimum atomic E-state index is 0.0639. The minimum absolute atomic E-state index is 0.0639. The van der Waals surface area contributed by atoms with Gasteiger partial charge in [-0.25, -0.2) is 9.97 Å². The number of methoxy groups -OCH3 is 2. The van der Waals surface area contributed by atoms with Crippen LogP contribution in [0.25, 0.3) is 0 Å². The average Bonchev–Trinajstić information content (AvgIpc) is 2.70. The van der Waals surface area contributed by atoms with Gasteiger partial charge in [0.1, 0.15) is 29.0 Å². The second-order valence-corrected chi connectivity index (χ2v) is 4.44. The van der Waals surface area contributed by atoms with E-state index in [4.69, 9.17) is 21.1 Å². The van der Waals surface area contributed by atoms with Gasteiger partial charge in [0.25, 0.3) is 0 Å². The first kappa shape index (κ1) is 12.5. The standard InChI is InChI=1S/C11H16ClN3O2/c1-7-13-10(12)4-11(14-7)15-5-8(16-2)9(6-15)17-3/h4,8-9H,5-6H2,1-3H3/t8-,9-/m1/s1. The molecule has 0 unspecified atom stereocenters. The molecule has 1 fully saturated rings. The fourth-order valence-corrected chi connectivity index (χ4v) is 2.28. The molecule has 0 aromatic carbocycles. The number of nitrogens with zero attached hydrogens (tertiary/aromatic N) is 3. The van der Waals surface area contributed by atoms with E-state index in [0.29, 0.717) is 11.0 Å². The van der Waals surface area contributed by atoms with Crippen LogP contribution in [0.4, 0.5) is 5.82 Å². The van der Waals surface area contributed by atoms with Crippen molar-refractivity contribution in [1.29, 1.82) is 0 Å². The molecule has 0 radical (unpaired) electrons. The molecule has 2 heterocycles. The highest BCUT2D eigenvalue weighted by Gasteiger charge is 2.33. The Hall–Kier alpha value is -0.910. The summed E-state index contributed by atoms with van der Waals surface area (Å²) in [4.78, 5) is 10.5. The Morgan fingerprint density at radius 3 is 2.29 bits per heavy atom. The van der Waals surface area contributed by atoms with Crippen LogP contribution in [0, 0.1) is 6.92 Å². The van der Waals surface area contributed by atoms with Crippen LogP contribution in [0.15, 0.2) is 6.07 Å². The molecule has 17 heavy (non-hydrogen) atoms. The smallest absolute Gasteiger partial charge is 0.134 e. The maximum atomic E-state index is 5.93. The summed E-state index contributed by atoms with van der Waals surface area (Å²) < 4.78 is 10.8. The average molecular weight is 258 g/mol. The zero-order valence-electron chi connectivity index (χ0n) is 10.2. The normalized spacial score (nSPS) is 24.4. The van der Waals surface area contributed by atoms with E-state index in [9.17, 15) is 0 Å². The summed E-state index contributed by atoms with van der Waals surface area (Å²) in [5.74, 6) is 1.49. The monoisotopic (exact) mass is 257 g/mol. The Labute approximate surface area is 106 Å². The van der Waals surface area contributed by atoms with Crippen molar-refractivity contribution in [3.63, 3.8) is 0 Å². The summed E-state index contributed by atoms with van der Waals surface area (Å²) in [5.41, 5.74) is 0. The number of ether oxygens (including phenoxy) is 2. The number of rotatable bonds is 3. The predicted molar refractivity (Wildman–Crippen MR) is 65.6 cm³/mol. The number of hydrogen-bond donors (Lipinski definition) is 0. The molecule has 0 aliphatic carbocycles. The molecule has 1 aliphatic heterocycles. The zero-order chi connectivity index (χ0) is 12.4. The van der Waals surface area contributed by atoms with Gasteiger partial charge in [0.2, 0.25) is 0 Å². The highest BCUT2D eigenvalue weighted by Crippen LogP contribution is 2.23. The van der Waals surface area contributed by atoms with E-state index >= 15 is 0 Å². The third kappa shape index (κ3) is 2.68. The molecule has 5 nitrogen and oxygen atoms in total. The van der Waals surface area contributed by atoms with Gasteiger partial charge in [-0.15, -0.1) is 0 Å². The molecule has 94 valence electrons. The van der Waals surface area contributed by atoms with Crippen molar-refractivity contribution in [3.8, 4) is 0 Å². The fourth-order valence-electron chi connectivity index (χ4n) is 2.06. The summed E-state index contributed by atoms with van der Waals surface area (Å²) in [6.45, 7) is 3.33. The first-order valence-electron chi connectivity index (χ1n) is 5.45. The Balaban J connectivity index is 2.18. The van der Waals surface area contributed by atoms with Gasteiger partial charge in [0.15, 0.2) is 0 Å². The largest absolute Gasteiger partial charge is 0.377 e. The first-order valence-corrected chi connectivity index (χ1v) is 5.83. The Morgan fingerprint density at radius 2 is 1.82 bits per heavy atom. The minimum Gasteiger partial charge on any atom is -0.377 e. The Bertz CT molecular complexity index is 370. The molecular formula is C11H16ClN3O2. The van der Waals surface area contributed by atoms with Crippen molar-refractivity contribution in [3.05, 3.63) is 17.0 Å².